The van der Waals surface area contributed by atoms with E-state index in [4.69, 9.17) is 4.74 Å². The van der Waals surface area contributed by atoms with Gasteiger partial charge in [0.1, 0.15) is 0 Å². The summed E-state index contributed by atoms with van der Waals surface area (Å²) in [5, 5.41) is 3.56. The summed E-state index contributed by atoms with van der Waals surface area (Å²) >= 11 is 0. The number of morpholine rings is 1. The van der Waals surface area contributed by atoms with E-state index in [0.29, 0.717) is 6.04 Å². The molecule has 3 heteroatoms. The molecule has 1 saturated heterocycles. The van der Waals surface area contributed by atoms with Crippen LogP contribution in [0.4, 0.5) is 0 Å². The molecule has 1 rings (SSSR count). The molecule has 1 N–H and O–H groups in total. The van der Waals surface area contributed by atoms with Gasteiger partial charge >= 0.3 is 0 Å². The molecule has 0 aromatic heterocycles. The Labute approximate surface area is 113 Å². The van der Waals surface area contributed by atoms with E-state index < -0.39 is 0 Å². The number of nitrogens with zero attached hydrogens (tertiary/aromatic N) is 1. The Morgan fingerprint density at radius 3 is 2.56 bits per heavy atom. The lowest BCUT2D eigenvalue weighted by atomic mass is 9.98. The van der Waals surface area contributed by atoms with Crippen molar-refractivity contribution < 1.29 is 4.74 Å². The highest BCUT2D eigenvalue weighted by atomic mass is 16.5. The van der Waals surface area contributed by atoms with E-state index in [9.17, 15) is 0 Å². The van der Waals surface area contributed by atoms with Gasteiger partial charge in [-0.05, 0) is 60.9 Å². The van der Waals surface area contributed by atoms with Gasteiger partial charge in [-0.1, -0.05) is 0 Å². The van der Waals surface area contributed by atoms with Gasteiger partial charge < -0.3 is 10.1 Å². The van der Waals surface area contributed by atoms with Gasteiger partial charge in [0.2, 0.25) is 0 Å². The fourth-order valence-corrected chi connectivity index (χ4v) is 2.70. The van der Waals surface area contributed by atoms with Crippen LogP contribution in [0.25, 0.3) is 0 Å². The van der Waals surface area contributed by atoms with E-state index in [2.05, 4.69) is 51.8 Å². The SMILES string of the molecule is CC(CCCNC(C)(C)C)N1CCOCC1(C)C. The van der Waals surface area contributed by atoms with Crippen molar-refractivity contribution in [3.05, 3.63) is 0 Å². The Morgan fingerprint density at radius 2 is 2.00 bits per heavy atom. The normalized spacial score (nSPS) is 23.0. The summed E-state index contributed by atoms with van der Waals surface area (Å²) in [5.74, 6) is 0. The molecule has 0 radical (unpaired) electrons. The number of hydrogen-bond acceptors (Lipinski definition) is 3. The molecule has 1 atom stereocenters. The molecule has 108 valence electrons. The zero-order valence-electron chi connectivity index (χ0n) is 13.2. The molecular formula is C15H32N2O. The second-order valence-corrected chi connectivity index (χ2v) is 7.23. The summed E-state index contributed by atoms with van der Waals surface area (Å²) in [6.07, 6.45) is 2.50. The van der Waals surface area contributed by atoms with Crippen LogP contribution in [0.2, 0.25) is 0 Å². The van der Waals surface area contributed by atoms with Gasteiger partial charge in [-0.3, -0.25) is 4.90 Å². The van der Waals surface area contributed by atoms with E-state index in [1.54, 1.807) is 0 Å². The summed E-state index contributed by atoms with van der Waals surface area (Å²) in [4.78, 5) is 2.60. The van der Waals surface area contributed by atoms with Crippen LogP contribution in [0, 0.1) is 0 Å². The third kappa shape index (κ3) is 5.25. The molecule has 1 unspecified atom stereocenters. The number of nitrogens with one attached hydrogen (secondary N) is 1. The number of rotatable bonds is 5. The van der Waals surface area contributed by atoms with Crippen molar-refractivity contribution in [2.45, 2.75) is 71.5 Å². The Hall–Kier alpha value is -0.120. The minimum absolute atomic E-state index is 0.190. The van der Waals surface area contributed by atoms with Gasteiger partial charge in [0, 0.05) is 23.7 Å². The summed E-state index contributed by atoms with van der Waals surface area (Å²) < 4.78 is 5.58. The molecule has 18 heavy (non-hydrogen) atoms. The molecule has 0 saturated carbocycles. The summed E-state index contributed by atoms with van der Waals surface area (Å²) in [6.45, 7) is 17.5. The molecule has 0 spiro atoms. The van der Waals surface area contributed by atoms with E-state index in [0.717, 1.165) is 26.3 Å². The van der Waals surface area contributed by atoms with Crippen molar-refractivity contribution in [3.8, 4) is 0 Å². The summed E-state index contributed by atoms with van der Waals surface area (Å²) in [7, 11) is 0. The predicted octanol–water partition coefficient (Wildman–Crippen LogP) is 2.65. The van der Waals surface area contributed by atoms with E-state index in [1.165, 1.54) is 12.8 Å². The van der Waals surface area contributed by atoms with Crippen LogP contribution < -0.4 is 5.32 Å². The average molecular weight is 256 g/mol. The lowest BCUT2D eigenvalue weighted by Gasteiger charge is -2.45. The van der Waals surface area contributed by atoms with Crippen LogP contribution in [0.1, 0.15) is 54.4 Å². The molecule has 0 bridgehead atoms. The molecular weight excluding hydrogens is 224 g/mol. The monoisotopic (exact) mass is 256 g/mol. The number of hydrogen-bond donors (Lipinski definition) is 1. The summed E-state index contributed by atoms with van der Waals surface area (Å²) in [5.41, 5.74) is 0.427. The molecule has 0 aromatic carbocycles. The first-order valence-corrected chi connectivity index (χ1v) is 7.32. The molecule has 1 aliphatic rings. The summed E-state index contributed by atoms with van der Waals surface area (Å²) in [6, 6.07) is 0.644. The highest BCUT2D eigenvalue weighted by molar-refractivity contribution is 4.87. The third-order valence-corrected chi connectivity index (χ3v) is 3.70. The fourth-order valence-electron chi connectivity index (χ4n) is 2.70. The highest BCUT2D eigenvalue weighted by Crippen LogP contribution is 2.23. The first-order valence-electron chi connectivity index (χ1n) is 7.32. The van der Waals surface area contributed by atoms with Gasteiger partial charge in [0.05, 0.1) is 13.2 Å². The zero-order chi connectivity index (χ0) is 13.8. The first kappa shape index (κ1) is 15.9. The standard InChI is InChI=1S/C15H32N2O/c1-13(8-7-9-16-14(2,3)4)17-10-11-18-12-15(17,5)6/h13,16H,7-12H2,1-6H3. The van der Waals surface area contributed by atoms with Crippen LogP contribution in [-0.4, -0.2) is 48.3 Å². The molecule has 1 heterocycles. The fraction of sp³-hybridized carbons (Fsp3) is 1.00. The Bertz CT molecular complexity index is 245. The number of ether oxygens (including phenoxy) is 1. The second kappa shape index (κ2) is 6.36. The molecule has 0 amide bonds. The predicted molar refractivity (Wildman–Crippen MR) is 78.1 cm³/mol. The van der Waals surface area contributed by atoms with Crippen molar-refractivity contribution >= 4 is 0 Å². The van der Waals surface area contributed by atoms with Crippen LogP contribution >= 0.6 is 0 Å². The molecule has 3 nitrogen and oxygen atoms in total. The first-order chi connectivity index (χ1) is 8.22. The lowest BCUT2D eigenvalue weighted by Crippen LogP contribution is -2.56. The Balaban J connectivity index is 2.29. The third-order valence-electron chi connectivity index (χ3n) is 3.70. The van der Waals surface area contributed by atoms with Crippen LogP contribution in [-0.2, 0) is 4.74 Å². The average Bonchev–Trinajstić information content (AvgIpc) is 2.22. The van der Waals surface area contributed by atoms with Gasteiger partial charge in [-0.25, -0.2) is 0 Å². The minimum atomic E-state index is 0.190. The van der Waals surface area contributed by atoms with Gasteiger partial charge in [-0.2, -0.15) is 0 Å². The van der Waals surface area contributed by atoms with Crippen molar-refractivity contribution in [1.29, 1.82) is 0 Å². The van der Waals surface area contributed by atoms with Crippen molar-refractivity contribution in [3.63, 3.8) is 0 Å². The van der Waals surface area contributed by atoms with Gasteiger partial charge in [0.15, 0.2) is 0 Å². The molecule has 0 aromatic rings. The quantitative estimate of drug-likeness (QED) is 0.765. The van der Waals surface area contributed by atoms with E-state index in [-0.39, 0.29) is 11.1 Å². The zero-order valence-corrected chi connectivity index (χ0v) is 13.2. The Kier molecular flexibility index (Phi) is 5.63. The maximum Gasteiger partial charge on any atom is 0.0645 e. The minimum Gasteiger partial charge on any atom is -0.378 e. The van der Waals surface area contributed by atoms with Crippen molar-refractivity contribution in [2.24, 2.45) is 0 Å². The van der Waals surface area contributed by atoms with Crippen molar-refractivity contribution in [1.82, 2.24) is 10.2 Å². The molecule has 0 aliphatic carbocycles. The topological polar surface area (TPSA) is 24.5 Å². The second-order valence-electron chi connectivity index (χ2n) is 7.23. The smallest absolute Gasteiger partial charge is 0.0645 e. The van der Waals surface area contributed by atoms with Gasteiger partial charge in [0.25, 0.3) is 0 Å². The molecule has 1 fully saturated rings. The van der Waals surface area contributed by atoms with E-state index in [1.807, 2.05) is 0 Å². The molecule has 1 aliphatic heterocycles. The maximum absolute atomic E-state index is 5.58. The van der Waals surface area contributed by atoms with Crippen LogP contribution in [0.3, 0.4) is 0 Å². The van der Waals surface area contributed by atoms with Crippen molar-refractivity contribution in [2.75, 3.05) is 26.3 Å². The van der Waals surface area contributed by atoms with Crippen LogP contribution in [0.15, 0.2) is 0 Å². The largest absolute Gasteiger partial charge is 0.378 e. The lowest BCUT2D eigenvalue weighted by molar-refractivity contribution is -0.0701. The maximum atomic E-state index is 5.58. The highest BCUT2D eigenvalue weighted by Gasteiger charge is 2.33. The Morgan fingerprint density at radius 1 is 1.33 bits per heavy atom. The van der Waals surface area contributed by atoms with Gasteiger partial charge in [-0.15, -0.1) is 0 Å². The van der Waals surface area contributed by atoms with E-state index >= 15 is 0 Å². The van der Waals surface area contributed by atoms with Crippen LogP contribution in [0.5, 0.6) is 0 Å².